The van der Waals surface area contributed by atoms with Crippen molar-refractivity contribution < 1.29 is 0 Å². The Balaban J connectivity index is 2.92. The maximum absolute atomic E-state index is 4.22. The Kier molecular flexibility index (Phi) is 1.18. The predicted molar refractivity (Wildman–Crippen MR) is 42.5 cm³/mol. The van der Waals surface area contributed by atoms with Gasteiger partial charge in [-0.1, -0.05) is 0 Å². The maximum Gasteiger partial charge on any atom is 0.0905 e. The van der Waals surface area contributed by atoms with Crippen molar-refractivity contribution in [3.8, 4) is 0 Å². The fourth-order valence-corrected chi connectivity index (χ4v) is 1.12. The topological polar surface area (TPSA) is 30.2 Å². The summed E-state index contributed by atoms with van der Waals surface area (Å²) in [7, 11) is 0. The van der Waals surface area contributed by atoms with Crippen LogP contribution in [0.2, 0.25) is 0 Å². The first-order valence-corrected chi connectivity index (χ1v) is 3.56. The summed E-state index contributed by atoms with van der Waals surface area (Å²) < 4.78 is 1.66. The van der Waals surface area contributed by atoms with Crippen LogP contribution >= 0.6 is 0 Å². The fourth-order valence-electron chi connectivity index (χ4n) is 1.12. The van der Waals surface area contributed by atoms with E-state index >= 15 is 0 Å². The average Bonchev–Trinajstić information content (AvgIpc) is 2.30. The van der Waals surface area contributed by atoms with E-state index in [1.165, 1.54) is 5.56 Å². The molecule has 3 nitrogen and oxygen atoms in total. The summed E-state index contributed by atoms with van der Waals surface area (Å²) in [5, 5.41) is 8.29. The molecule has 0 aliphatic heterocycles. The summed E-state index contributed by atoms with van der Waals surface area (Å²) in [4.78, 5) is 0. The highest BCUT2D eigenvalue weighted by Gasteiger charge is 2.02. The summed E-state index contributed by atoms with van der Waals surface area (Å²) in [5.41, 5.74) is 3.34. The lowest BCUT2D eigenvalue weighted by Crippen LogP contribution is -1.90. The highest BCUT2D eigenvalue weighted by molar-refractivity contribution is 5.53. The van der Waals surface area contributed by atoms with E-state index in [1.54, 1.807) is 10.8 Å². The summed E-state index contributed by atoms with van der Waals surface area (Å²) in [6.45, 7) is 4.04. The minimum absolute atomic E-state index is 1.05. The standard InChI is InChI=1S/C8H9N3/c1-6-7(2)10-11-8(6)4-3-5-9-11/h3-5H,1-2H3. The molecule has 0 saturated heterocycles. The maximum atomic E-state index is 4.22. The van der Waals surface area contributed by atoms with Gasteiger partial charge in [-0.05, 0) is 31.5 Å². The van der Waals surface area contributed by atoms with Gasteiger partial charge in [0.1, 0.15) is 0 Å². The van der Waals surface area contributed by atoms with Crippen molar-refractivity contribution in [2.24, 2.45) is 0 Å². The van der Waals surface area contributed by atoms with Gasteiger partial charge < -0.3 is 0 Å². The largest absolute Gasteiger partial charge is 0.159 e. The lowest BCUT2D eigenvalue weighted by atomic mass is 10.2. The Labute approximate surface area is 64.7 Å². The third-order valence-electron chi connectivity index (χ3n) is 1.90. The number of hydrogen-bond acceptors (Lipinski definition) is 2. The van der Waals surface area contributed by atoms with Gasteiger partial charge in [-0.15, -0.1) is 0 Å². The summed E-state index contributed by atoms with van der Waals surface area (Å²) in [6, 6.07) is 3.94. The Bertz CT molecular complexity index is 389. The third kappa shape index (κ3) is 0.808. The molecule has 11 heavy (non-hydrogen) atoms. The van der Waals surface area contributed by atoms with E-state index in [4.69, 9.17) is 0 Å². The third-order valence-corrected chi connectivity index (χ3v) is 1.90. The molecule has 0 radical (unpaired) electrons. The van der Waals surface area contributed by atoms with Gasteiger partial charge in [0, 0.05) is 6.20 Å². The van der Waals surface area contributed by atoms with Crippen LogP contribution in [0.3, 0.4) is 0 Å². The second-order valence-electron chi connectivity index (χ2n) is 2.61. The first kappa shape index (κ1) is 6.34. The van der Waals surface area contributed by atoms with Gasteiger partial charge in [0.05, 0.1) is 11.2 Å². The van der Waals surface area contributed by atoms with Gasteiger partial charge in [-0.25, -0.2) is 0 Å². The molecule has 2 heterocycles. The zero-order valence-corrected chi connectivity index (χ0v) is 6.57. The van der Waals surface area contributed by atoms with Gasteiger partial charge in [0.25, 0.3) is 0 Å². The van der Waals surface area contributed by atoms with Crippen LogP contribution in [0.4, 0.5) is 0 Å². The van der Waals surface area contributed by atoms with Crippen LogP contribution in [-0.4, -0.2) is 14.8 Å². The van der Waals surface area contributed by atoms with Gasteiger partial charge in [-0.2, -0.15) is 14.8 Å². The van der Waals surface area contributed by atoms with E-state index in [-0.39, 0.29) is 0 Å². The summed E-state index contributed by atoms with van der Waals surface area (Å²) >= 11 is 0. The number of rotatable bonds is 0. The van der Waals surface area contributed by atoms with Crippen molar-refractivity contribution in [1.82, 2.24) is 14.8 Å². The number of fused-ring (bicyclic) bond motifs is 1. The minimum Gasteiger partial charge on any atom is -0.159 e. The highest BCUT2D eigenvalue weighted by atomic mass is 15.4. The van der Waals surface area contributed by atoms with Crippen molar-refractivity contribution in [2.75, 3.05) is 0 Å². The van der Waals surface area contributed by atoms with Crippen molar-refractivity contribution >= 4 is 5.52 Å². The number of aryl methyl sites for hydroxylation is 2. The molecule has 0 unspecified atom stereocenters. The monoisotopic (exact) mass is 147 g/mol. The molecular weight excluding hydrogens is 138 g/mol. The van der Waals surface area contributed by atoms with Gasteiger partial charge >= 0.3 is 0 Å². The Morgan fingerprint density at radius 1 is 1.36 bits per heavy atom. The lowest BCUT2D eigenvalue weighted by Gasteiger charge is -1.88. The SMILES string of the molecule is Cc1nn2ncccc2c1C. The second-order valence-corrected chi connectivity index (χ2v) is 2.61. The van der Waals surface area contributed by atoms with Crippen LogP contribution in [0.15, 0.2) is 18.3 Å². The molecule has 2 rings (SSSR count). The van der Waals surface area contributed by atoms with Crippen LogP contribution in [0.5, 0.6) is 0 Å². The number of nitrogens with zero attached hydrogens (tertiary/aromatic N) is 3. The summed E-state index contributed by atoms with van der Waals surface area (Å²) in [6.07, 6.45) is 1.74. The minimum atomic E-state index is 1.05. The Morgan fingerprint density at radius 3 is 2.91 bits per heavy atom. The van der Waals surface area contributed by atoms with Crippen molar-refractivity contribution in [1.29, 1.82) is 0 Å². The molecule has 2 aromatic heterocycles. The van der Waals surface area contributed by atoms with E-state index in [0.29, 0.717) is 0 Å². The smallest absolute Gasteiger partial charge is 0.0905 e. The first-order valence-electron chi connectivity index (χ1n) is 3.56. The molecule has 0 spiro atoms. The van der Waals surface area contributed by atoms with E-state index in [0.717, 1.165) is 11.2 Å². The van der Waals surface area contributed by atoms with E-state index < -0.39 is 0 Å². The highest BCUT2D eigenvalue weighted by Crippen LogP contribution is 2.10. The second kappa shape index (κ2) is 2.05. The molecule has 2 aromatic rings. The molecule has 56 valence electrons. The van der Waals surface area contributed by atoms with Crippen LogP contribution < -0.4 is 0 Å². The van der Waals surface area contributed by atoms with E-state index in [2.05, 4.69) is 17.1 Å². The van der Waals surface area contributed by atoms with Crippen LogP contribution in [0.1, 0.15) is 11.3 Å². The molecule has 0 N–H and O–H groups in total. The number of aromatic nitrogens is 3. The fraction of sp³-hybridized carbons (Fsp3) is 0.250. The molecular formula is C8H9N3. The molecule has 3 heteroatoms. The average molecular weight is 147 g/mol. The van der Waals surface area contributed by atoms with Gasteiger partial charge in [0.2, 0.25) is 0 Å². The predicted octanol–water partition coefficient (Wildman–Crippen LogP) is 1.35. The van der Waals surface area contributed by atoms with Gasteiger partial charge in [0.15, 0.2) is 0 Å². The molecule has 0 saturated carbocycles. The summed E-state index contributed by atoms with van der Waals surface area (Å²) in [5.74, 6) is 0. The van der Waals surface area contributed by atoms with Crippen LogP contribution in [-0.2, 0) is 0 Å². The molecule has 0 aromatic carbocycles. The van der Waals surface area contributed by atoms with Crippen molar-refractivity contribution in [2.45, 2.75) is 13.8 Å². The zero-order chi connectivity index (χ0) is 7.84. The van der Waals surface area contributed by atoms with Gasteiger partial charge in [-0.3, -0.25) is 0 Å². The Hall–Kier alpha value is -1.38. The quantitative estimate of drug-likeness (QED) is 0.563. The van der Waals surface area contributed by atoms with Crippen LogP contribution in [0.25, 0.3) is 5.52 Å². The zero-order valence-electron chi connectivity index (χ0n) is 6.57. The molecule has 0 aliphatic carbocycles. The van der Waals surface area contributed by atoms with E-state index in [1.807, 2.05) is 19.1 Å². The lowest BCUT2D eigenvalue weighted by molar-refractivity contribution is 0.787. The Morgan fingerprint density at radius 2 is 2.18 bits per heavy atom. The van der Waals surface area contributed by atoms with Crippen LogP contribution in [0, 0.1) is 13.8 Å². The molecule has 0 amide bonds. The molecule has 0 aliphatic rings. The van der Waals surface area contributed by atoms with Crippen molar-refractivity contribution in [3.63, 3.8) is 0 Å². The number of hydrogen-bond donors (Lipinski definition) is 0. The molecule has 0 atom stereocenters. The van der Waals surface area contributed by atoms with Crippen molar-refractivity contribution in [3.05, 3.63) is 29.6 Å². The normalized spacial score (nSPS) is 10.7. The molecule has 0 fully saturated rings. The van der Waals surface area contributed by atoms with E-state index in [9.17, 15) is 0 Å². The molecule has 0 bridgehead atoms. The first-order chi connectivity index (χ1) is 5.29.